The summed E-state index contributed by atoms with van der Waals surface area (Å²) >= 11 is 0. The minimum Gasteiger partial charge on any atom is -0.356 e. The third kappa shape index (κ3) is 3.45. The number of aliphatic imine (C=N–C) groups is 1. The first-order valence-corrected chi connectivity index (χ1v) is 9.91. The Bertz CT molecular complexity index is 778. The molecular weight excluding hydrogens is 324 g/mol. The summed E-state index contributed by atoms with van der Waals surface area (Å²) in [6.45, 7) is 5.78. The Morgan fingerprint density at radius 2 is 2.04 bits per heavy atom. The molecule has 1 N–H and O–H groups in total. The van der Waals surface area contributed by atoms with Gasteiger partial charge in [-0.1, -0.05) is 24.6 Å². The summed E-state index contributed by atoms with van der Waals surface area (Å²) in [4.78, 5) is 7.20. The number of para-hydroxylation sites is 1. The molecule has 4 rings (SSSR count). The lowest BCUT2D eigenvalue weighted by Gasteiger charge is -2.22. The van der Waals surface area contributed by atoms with Gasteiger partial charge in [0, 0.05) is 44.7 Å². The molecule has 0 saturated carbocycles. The minimum atomic E-state index is 0.735. The fourth-order valence-electron chi connectivity index (χ4n) is 3.95. The van der Waals surface area contributed by atoms with Gasteiger partial charge in [0.05, 0.1) is 0 Å². The van der Waals surface area contributed by atoms with Gasteiger partial charge in [-0.25, -0.2) is 0 Å². The molecular formula is C20H28N6. The van der Waals surface area contributed by atoms with Gasteiger partial charge < -0.3 is 14.8 Å². The zero-order chi connectivity index (χ0) is 17.8. The van der Waals surface area contributed by atoms with Crippen molar-refractivity contribution in [3.63, 3.8) is 0 Å². The fraction of sp³-hybridized carbons (Fsp3) is 0.550. The standard InChI is InChI=1S/C20H28N6/c1-2-21-20(25-15-12-16-8-5-6-9-17(16)25)22-13-11-19-24-23-18-10-4-3-7-14-26(18)19/h5-6,8-9H,2-4,7,10-15H2,1H3,(H,21,22). The van der Waals surface area contributed by atoms with Crippen LogP contribution in [0.25, 0.3) is 0 Å². The van der Waals surface area contributed by atoms with Crippen LogP contribution >= 0.6 is 0 Å². The van der Waals surface area contributed by atoms with Crippen molar-refractivity contribution >= 4 is 11.6 Å². The van der Waals surface area contributed by atoms with Crippen molar-refractivity contribution in [3.8, 4) is 0 Å². The normalized spacial score (nSPS) is 17.0. The van der Waals surface area contributed by atoms with Crippen LogP contribution in [-0.4, -0.2) is 40.4 Å². The Kier molecular flexibility index (Phi) is 5.18. The minimum absolute atomic E-state index is 0.735. The van der Waals surface area contributed by atoms with Gasteiger partial charge in [0.1, 0.15) is 11.6 Å². The molecule has 2 aliphatic rings. The van der Waals surface area contributed by atoms with Crippen molar-refractivity contribution in [3.05, 3.63) is 41.5 Å². The van der Waals surface area contributed by atoms with Crippen molar-refractivity contribution in [2.24, 2.45) is 4.99 Å². The lowest BCUT2D eigenvalue weighted by molar-refractivity contribution is 0.604. The van der Waals surface area contributed by atoms with E-state index in [-0.39, 0.29) is 0 Å². The highest BCUT2D eigenvalue weighted by Gasteiger charge is 2.22. The van der Waals surface area contributed by atoms with Gasteiger partial charge in [0.2, 0.25) is 0 Å². The number of fused-ring (bicyclic) bond motifs is 2. The molecule has 3 heterocycles. The number of aryl methyl sites for hydroxylation is 1. The third-order valence-electron chi connectivity index (χ3n) is 5.26. The highest BCUT2D eigenvalue weighted by molar-refractivity contribution is 5.97. The van der Waals surface area contributed by atoms with Crippen molar-refractivity contribution in [2.75, 3.05) is 24.5 Å². The van der Waals surface area contributed by atoms with E-state index in [1.54, 1.807) is 0 Å². The van der Waals surface area contributed by atoms with Crippen LogP contribution in [0.5, 0.6) is 0 Å². The van der Waals surface area contributed by atoms with Gasteiger partial charge >= 0.3 is 0 Å². The molecule has 6 nitrogen and oxygen atoms in total. The number of rotatable bonds is 4. The smallest absolute Gasteiger partial charge is 0.198 e. The Hall–Kier alpha value is -2.37. The van der Waals surface area contributed by atoms with Gasteiger partial charge in [0.25, 0.3) is 0 Å². The number of nitrogens with zero attached hydrogens (tertiary/aromatic N) is 5. The number of guanidine groups is 1. The maximum absolute atomic E-state index is 4.89. The van der Waals surface area contributed by atoms with Crippen LogP contribution in [0.4, 0.5) is 5.69 Å². The Labute approximate surface area is 155 Å². The fourth-order valence-corrected chi connectivity index (χ4v) is 3.95. The number of aromatic nitrogens is 3. The zero-order valence-corrected chi connectivity index (χ0v) is 15.6. The molecule has 2 aromatic rings. The van der Waals surface area contributed by atoms with Crippen LogP contribution in [0.15, 0.2) is 29.3 Å². The molecule has 0 aliphatic carbocycles. The predicted molar refractivity (Wildman–Crippen MR) is 105 cm³/mol. The first kappa shape index (κ1) is 17.1. The maximum Gasteiger partial charge on any atom is 0.198 e. The van der Waals surface area contributed by atoms with E-state index in [0.29, 0.717) is 0 Å². The van der Waals surface area contributed by atoms with Gasteiger partial charge in [-0.3, -0.25) is 4.99 Å². The molecule has 0 radical (unpaired) electrons. The Balaban J connectivity index is 1.47. The van der Waals surface area contributed by atoms with Crippen LogP contribution in [0.3, 0.4) is 0 Å². The molecule has 0 bridgehead atoms. The molecule has 0 spiro atoms. The van der Waals surface area contributed by atoms with E-state index in [4.69, 9.17) is 4.99 Å². The van der Waals surface area contributed by atoms with Crippen molar-refractivity contribution in [2.45, 2.75) is 52.0 Å². The number of hydrogen-bond donors (Lipinski definition) is 1. The number of benzene rings is 1. The van der Waals surface area contributed by atoms with Crippen LogP contribution < -0.4 is 10.2 Å². The molecule has 1 aromatic carbocycles. The zero-order valence-electron chi connectivity index (χ0n) is 15.6. The van der Waals surface area contributed by atoms with Crippen LogP contribution in [-0.2, 0) is 25.8 Å². The number of anilines is 1. The average Bonchev–Trinajstić information content (AvgIpc) is 3.18. The molecule has 0 amide bonds. The van der Waals surface area contributed by atoms with Gasteiger partial charge in [-0.05, 0) is 37.8 Å². The predicted octanol–water partition coefficient (Wildman–Crippen LogP) is 2.58. The molecule has 0 fully saturated rings. The summed E-state index contributed by atoms with van der Waals surface area (Å²) < 4.78 is 2.32. The summed E-state index contributed by atoms with van der Waals surface area (Å²) in [5.74, 6) is 3.22. The maximum atomic E-state index is 4.89. The van der Waals surface area contributed by atoms with Crippen molar-refractivity contribution < 1.29 is 0 Å². The van der Waals surface area contributed by atoms with E-state index >= 15 is 0 Å². The number of nitrogens with one attached hydrogen (secondary N) is 1. The van der Waals surface area contributed by atoms with E-state index in [0.717, 1.165) is 63.0 Å². The van der Waals surface area contributed by atoms with Crippen LogP contribution in [0.2, 0.25) is 0 Å². The molecule has 138 valence electrons. The summed E-state index contributed by atoms with van der Waals surface area (Å²) in [5, 5.41) is 12.3. The molecule has 0 unspecified atom stereocenters. The first-order chi connectivity index (χ1) is 12.9. The molecule has 2 aliphatic heterocycles. The molecule has 6 heteroatoms. The second-order valence-corrected chi connectivity index (χ2v) is 7.01. The van der Waals surface area contributed by atoms with E-state index < -0.39 is 0 Å². The monoisotopic (exact) mass is 352 g/mol. The van der Waals surface area contributed by atoms with Gasteiger partial charge in [-0.15, -0.1) is 10.2 Å². The second-order valence-electron chi connectivity index (χ2n) is 7.01. The highest BCUT2D eigenvalue weighted by Crippen LogP contribution is 2.27. The van der Waals surface area contributed by atoms with E-state index in [9.17, 15) is 0 Å². The summed E-state index contributed by atoms with van der Waals surface area (Å²) in [6, 6.07) is 8.62. The second kappa shape index (κ2) is 7.89. The molecule has 1 aromatic heterocycles. The summed E-state index contributed by atoms with van der Waals surface area (Å²) in [7, 11) is 0. The Morgan fingerprint density at radius 3 is 2.96 bits per heavy atom. The lowest BCUT2D eigenvalue weighted by atomic mass is 10.2. The van der Waals surface area contributed by atoms with Crippen molar-refractivity contribution in [1.82, 2.24) is 20.1 Å². The Morgan fingerprint density at radius 1 is 1.12 bits per heavy atom. The summed E-state index contributed by atoms with van der Waals surface area (Å²) in [6.07, 6.45) is 6.74. The average molecular weight is 352 g/mol. The van der Waals surface area contributed by atoms with E-state index in [1.165, 1.54) is 30.5 Å². The van der Waals surface area contributed by atoms with Crippen molar-refractivity contribution in [1.29, 1.82) is 0 Å². The van der Waals surface area contributed by atoms with Crippen LogP contribution in [0.1, 0.15) is 43.4 Å². The quantitative estimate of drug-likeness (QED) is 0.679. The van der Waals surface area contributed by atoms with Crippen LogP contribution in [0, 0.1) is 0 Å². The van der Waals surface area contributed by atoms with Gasteiger partial charge in [0.15, 0.2) is 5.96 Å². The lowest BCUT2D eigenvalue weighted by Crippen LogP contribution is -2.40. The highest BCUT2D eigenvalue weighted by atomic mass is 15.3. The van der Waals surface area contributed by atoms with E-state index in [2.05, 4.69) is 56.2 Å². The van der Waals surface area contributed by atoms with E-state index in [1.807, 2.05) is 0 Å². The molecule has 26 heavy (non-hydrogen) atoms. The summed E-state index contributed by atoms with van der Waals surface area (Å²) in [5.41, 5.74) is 2.68. The topological polar surface area (TPSA) is 58.3 Å². The first-order valence-electron chi connectivity index (χ1n) is 9.91. The van der Waals surface area contributed by atoms with Gasteiger partial charge in [-0.2, -0.15) is 0 Å². The largest absolute Gasteiger partial charge is 0.356 e. The molecule has 0 atom stereocenters. The SMILES string of the molecule is CCNC(=NCCc1nnc2n1CCCCC2)N1CCc2ccccc21. The third-order valence-corrected chi connectivity index (χ3v) is 5.26. The number of hydrogen-bond acceptors (Lipinski definition) is 3. The molecule has 0 saturated heterocycles.